The second kappa shape index (κ2) is 7.56. The van der Waals surface area contributed by atoms with E-state index in [9.17, 15) is 19.7 Å². The van der Waals surface area contributed by atoms with Crippen LogP contribution in [0.4, 0.5) is 5.69 Å². The summed E-state index contributed by atoms with van der Waals surface area (Å²) >= 11 is 1.10. The SMILES string of the molecule is O=C(/C=c1/[nH]c(=O)/c(=C/c2ccc(-c3cccc([N+](=O)[O-])c3)o2)s1)c1ccco1. The molecule has 0 aliphatic heterocycles. The zero-order valence-corrected chi connectivity index (χ0v) is 15.5. The minimum absolute atomic E-state index is 0.0412. The van der Waals surface area contributed by atoms with Crippen molar-refractivity contribution in [2.45, 2.75) is 0 Å². The number of carbonyl (C=O) groups excluding carboxylic acids is 1. The molecule has 0 fully saturated rings. The predicted octanol–water partition coefficient (Wildman–Crippen LogP) is 2.69. The zero-order valence-electron chi connectivity index (χ0n) is 14.7. The Hall–Kier alpha value is -3.98. The van der Waals surface area contributed by atoms with Crippen LogP contribution in [0.3, 0.4) is 0 Å². The quantitative estimate of drug-likeness (QED) is 0.308. The van der Waals surface area contributed by atoms with Crippen LogP contribution < -0.4 is 14.8 Å². The molecule has 3 aromatic heterocycles. The van der Waals surface area contributed by atoms with Crippen molar-refractivity contribution in [2.24, 2.45) is 0 Å². The minimum Gasteiger partial charge on any atom is -0.461 e. The highest BCUT2D eigenvalue weighted by atomic mass is 32.1. The monoisotopic (exact) mass is 408 g/mol. The van der Waals surface area contributed by atoms with Gasteiger partial charge >= 0.3 is 0 Å². The highest BCUT2D eigenvalue weighted by Gasteiger charge is 2.10. The van der Waals surface area contributed by atoms with E-state index in [2.05, 4.69) is 4.98 Å². The lowest BCUT2D eigenvalue weighted by Gasteiger charge is -1.96. The number of non-ortho nitro benzene ring substituents is 1. The minimum atomic E-state index is -0.479. The van der Waals surface area contributed by atoms with E-state index in [4.69, 9.17) is 8.83 Å². The molecule has 9 heteroatoms. The lowest BCUT2D eigenvalue weighted by molar-refractivity contribution is -0.384. The number of thiazole rings is 1. The van der Waals surface area contributed by atoms with Gasteiger partial charge in [-0.1, -0.05) is 12.1 Å². The number of hydrogen-bond donors (Lipinski definition) is 1. The second-order valence-corrected chi connectivity index (χ2v) is 7.01. The normalized spacial score (nSPS) is 12.4. The third-order valence-corrected chi connectivity index (χ3v) is 4.91. The smallest absolute Gasteiger partial charge is 0.270 e. The van der Waals surface area contributed by atoms with E-state index in [1.807, 2.05) is 0 Å². The second-order valence-electron chi connectivity index (χ2n) is 5.92. The van der Waals surface area contributed by atoms with Crippen LogP contribution in [0.25, 0.3) is 23.5 Å². The van der Waals surface area contributed by atoms with E-state index in [1.54, 1.807) is 36.4 Å². The molecule has 29 heavy (non-hydrogen) atoms. The van der Waals surface area contributed by atoms with E-state index in [-0.39, 0.29) is 22.8 Å². The number of benzene rings is 1. The van der Waals surface area contributed by atoms with Crippen LogP contribution >= 0.6 is 11.3 Å². The number of nitro benzene ring substituents is 1. The van der Waals surface area contributed by atoms with E-state index >= 15 is 0 Å². The molecule has 0 radical (unpaired) electrons. The van der Waals surface area contributed by atoms with Gasteiger partial charge in [-0.3, -0.25) is 19.7 Å². The van der Waals surface area contributed by atoms with E-state index < -0.39 is 4.92 Å². The van der Waals surface area contributed by atoms with E-state index in [0.717, 1.165) is 11.3 Å². The van der Waals surface area contributed by atoms with Gasteiger partial charge in [0.2, 0.25) is 5.78 Å². The van der Waals surface area contributed by atoms with Crippen molar-refractivity contribution in [3.8, 4) is 11.3 Å². The summed E-state index contributed by atoms with van der Waals surface area (Å²) in [4.78, 5) is 37.3. The molecule has 0 atom stereocenters. The van der Waals surface area contributed by atoms with Crippen molar-refractivity contribution in [2.75, 3.05) is 0 Å². The number of rotatable bonds is 5. The summed E-state index contributed by atoms with van der Waals surface area (Å²) in [5.41, 5.74) is 0.152. The molecule has 4 rings (SSSR count). The number of Topliss-reactive ketones (excluding diaryl/α,β-unsaturated/α-hetero) is 1. The number of hydrogen-bond acceptors (Lipinski definition) is 7. The van der Waals surface area contributed by atoms with Crippen molar-refractivity contribution >= 4 is 35.0 Å². The Morgan fingerprint density at radius 3 is 2.79 bits per heavy atom. The number of nitro groups is 1. The largest absolute Gasteiger partial charge is 0.461 e. The lowest BCUT2D eigenvalue weighted by Crippen LogP contribution is -2.19. The van der Waals surface area contributed by atoms with Gasteiger partial charge in [0, 0.05) is 29.8 Å². The Bertz CT molecular complexity index is 1370. The summed E-state index contributed by atoms with van der Waals surface area (Å²) in [5, 5.41) is 10.9. The molecule has 8 nitrogen and oxygen atoms in total. The summed E-state index contributed by atoms with van der Waals surface area (Å²) in [6, 6.07) is 12.5. The Morgan fingerprint density at radius 2 is 2.03 bits per heavy atom. The van der Waals surface area contributed by atoms with Crippen LogP contribution in [0.2, 0.25) is 0 Å². The van der Waals surface area contributed by atoms with Gasteiger partial charge in [-0.25, -0.2) is 0 Å². The first-order valence-corrected chi connectivity index (χ1v) is 9.16. The van der Waals surface area contributed by atoms with Crippen molar-refractivity contribution in [1.29, 1.82) is 0 Å². The molecule has 0 aliphatic rings. The fourth-order valence-corrected chi connectivity index (χ4v) is 3.49. The standard InChI is InChI=1S/C20H12N2O6S/c23-15(17-5-2-8-27-17)11-19-21-20(24)18(29-19)10-14-6-7-16(28-14)12-3-1-4-13(9-12)22(25)26/h1-11H,(H,21,24)/b18-10-,19-11-. The first-order valence-electron chi connectivity index (χ1n) is 8.35. The summed E-state index contributed by atoms with van der Waals surface area (Å²) in [6.45, 7) is 0. The molecule has 0 aliphatic carbocycles. The van der Waals surface area contributed by atoms with Crippen LogP contribution in [0.5, 0.6) is 0 Å². The molecule has 0 spiro atoms. The van der Waals surface area contributed by atoms with Gasteiger partial charge in [0.15, 0.2) is 5.76 Å². The maximum Gasteiger partial charge on any atom is 0.270 e. The van der Waals surface area contributed by atoms with Gasteiger partial charge in [0.1, 0.15) is 11.5 Å². The number of nitrogens with one attached hydrogen (secondary N) is 1. The molecule has 0 bridgehead atoms. The summed E-state index contributed by atoms with van der Waals surface area (Å²) < 4.78 is 11.5. The molecule has 144 valence electrons. The van der Waals surface area contributed by atoms with Crippen LogP contribution in [0.15, 0.2) is 68.4 Å². The van der Waals surface area contributed by atoms with E-state index in [0.29, 0.717) is 26.3 Å². The van der Waals surface area contributed by atoms with Gasteiger partial charge in [0.25, 0.3) is 11.2 Å². The number of aromatic nitrogens is 1. The van der Waals surface area contributed by atoms with Crippen LogP contribution in [-0.4, -0.2) is 15.7 Å². The Labute approximate surface area is 166 Å². The number of carbonyl (C=O) groups is 1. The summed E-state index contributed by atoms with van der Waals surface area (Å²) in [5.74, 6) is 0.665. The first kappa shape index (κ1) is 18.4. The van der Waals surface area contributed by atoms with Gasteiger partial charge in [-0.05, 0) is 24.3 Å². The Kier molecular flexibility index (Phi) is 4.80. The van der Waals surface area contributed by atoms with Crippen LogP contribution in [0, 0.1) is 10.1 Å². The summed E-state index contributed by atoms with van der Waals surface area (Å²) in [6.07, 6.45) is 4.23. The van der Waals surface area contributed by atoms with Gasteiger partial charge in [-0.15, -0.1) is 11.3 Å². The average Bonchev–Trinajstić information content (AvgIpc) is 3.45. The topological polar surface area (TPSA) is 119 Å². The third-order valence-electron chi connectivity index (χ3n) is 3.95. The number of nitrogens with zero attached hydrogens (tertiary/aromatic N) is 1. The molecule has 0 amide bonds. The zero-order chi connectivity index (χ0) is 20.4. The number of aromatic amines is 1. The maximum atomic E-state index is 12.2. The van der Waals surface area contributed by atoms with Gasteiger partial charge < -0.3 is 13.8 Å². The summed E-state index contributed by atoms with van der Waals surface area (Å²) in [7, 11) is 0. The number of ketones is 1. The van der Waals surface area contributed by atoms with Crippen molar-refractivity contribution in [1.82, 2.24) is 4.98 Å². The maximum absolute atomic E-state index is 12.2. The molecular formula is C20H12N2O6S. The first-order chi connectivity index (χ1) is 14.0. The average molecular weight is 408 g/mol. The Balaban J connectivity index is 1.65. The highest BCUT2D eigenvalue weighted by Crippen LogP contribution is 2.25. The number of H-pyrrole nitrogens is 1. The predicted molar refractivity (Wildman–Crippen MR) is 106 cm³/mol. The number of furan rings is 2. The molecular weight excluding hydrogens is 396 g/mol. The molecule has 4 aromatic rings. The van der Waals surface area contributed by atoms with Crippen molar-refractivity contribution < 1.29 is 18.6 Å². The van der Waals surface area contributed by atoms with Gasteiger partial charge in [-0.2, -0.15) is 0 Å². The molecule has 0 unspecified atom stereocenters. The highest BCUT2D eigenvalue weighted by molar-refractivity contribution is 7.07. The van der Waals surface area contributed by atoms with Crippen LogP contribution in [-0.2, 0) is 0 Å². The molecule has 0 saturated carbocycles. The molecule has 1 N–H and O–H groups in total. The fourth-order valence-electron chi connectivity index (χ4n) is 2.62. The van der Waals surface area contributed by atoms with E-state index in [1.165, 1.54) is 30.5 Å². The lowest BCUT2D eigenvalue weighted by atomic mass is 10.1. The molecule has 0 saturated heterocycles. The third kappa shape index (κ3) is 3.99. The van der Waals surface area contributed by atoms with Crippen molar-refractivity contribution in [3.63, 3.8) is 0 Å². The molecule has 1 aromatic carbocycles. The Morgan fingerprint density at radius 1 is 1.17 bits per heavy atom. The molecule has 3 heterocycles. The van der Waals surface area contributed by atoms with Crippen LogP contribution in [0.1, 0.15) is 16.3 Å². The van der Waals surface area contributed by atoms with Gasteiger partial charge in [0.05, 0.1) is 20.4 Å². The van der Waals surface area contributed by atoms with Crippen molar-refractivity contribution in [3.05, 3.63) is 96.0 Å². The fraction of sp³-hybridized carbons (Fsp3) is 0.